The standard InChI is InChI=1S/C23H24BrCl2N3O/c24-16-8-6-14(7-9-16)20-13-21(29-28-20)22(18-11-10-17(25)12-19(18)26)27-23(30)15-4-2-1-3-5-15/h6-12,15,20-22H,1-5,13H2,(H,27,30). The van der Waals surface area contributed by atoms with Crippen molar-refractivity contribution in [3.63, 3.8) is 0 Å². The summed E-state index contributed by atoms with van der Waals surface area (Å²) < 4.78 is 1.03. The first-order valence-corrected chi connectivity index (χ1v) is 12.0. The van der Waals surface area contributed by atoms with Crippen LogP contribution in [0.4, 0.5) is 0 Å². The second kappa shape index (κ2) is 9.80. The number of azo groups is 1. The maximum atomic E-state index is 13.0. The molecule has 0 spiro atoms. The molecule has 0 bridgehead atoms. The number of rotatable bonds is 5. The molecule has 0 aromatic heterocycles. The van der Waals surface area contributed by atoms with Crippen LogP contribution in [0.5, 0.6) is 0 Å². The zero-order valence-electron chi connectivity index (χ0n) is 16.5. The number of nitrogens with zero attached hydrogens (tertiary/aromatic N) is 2. The molecule has 3 atom stereocenters. The average Bonchev–Trinajstić information content (AvgIpc) is 3.23. The summed E-state index contributed by atoms with van der Waals surface area (Å²) in [7, 11) is 0. The highest BCUT2D eigenvalue weighted by Gasteiger charge is 2.35. The lowest BCUT2D eigenvalue weighted by molar-refractivity contribution is -0.126. The van der Waals surface area contributed by atoms with Crippen molar-refractivity contribution < 1.29 is 4.79 Å². The molecule has 30 heavy (non-hydrogen) atoms. The lowest BCUT2D eigenvalue weighted by Gasteiger charge is -2.28. The third-order valence-electron chi connectivity index (χ3n) is 6.03. The SMILES string of the molecule is O=C(NC(c1ccc(Cl)cc1Cl)C1CC(c2ccc(Br)cc2)N=N1)C1CCCCC1. The van der Waals surface area contributed by atoms with Crippen LogP contribution in [-0.4, -0.2) is 11.9 Å². The molecule has 2 aliphatic rings. The van der Waals surface area contributed by atoms with Crippen molar-refractivity contribution in [3.05, 3.63) is 68.1 Å². The number of halogens is 3. The first-order chi connectivity index (χ1) is 14.5. The van der Waals surface area contributed by atoms with E-state index in [1.807, 2.05) is 18.2 Å². The molecule has 1 amide bonds. The van der Waals surface area contributed by atoms with Crippen LogP contribution in [0.25, 0.3) is 0 Å². The van der Waals surface area contributed by atoms with Gasteiger partial charge in [0.2, 0.25) is 5.91 Å². The van der Waals surface area contributed by atoms with Crippen molar-refractivity contribution in [2.24, 2.45) is 16.1 Å². The maximum Gasteiger partial charge on any atom is 0.223 e. The number of carbonyl (C=O) groups is 1. The Morgan fingerprint density at radius 3 is 2.47 bits per heavy atom. The number of hydrogen-bond acceptors (Lipinski definition) is 3. The van der Waals surface area contributed by atoms with Crippen LogP contribution in [-0.2, 0) is 4.79 Å². The van der Waals surface area contributed by atoms with E-state index < -0.39 is 0 Å². The fourth-order valence-electron chi connectivity index (χ4n) is 4.35. The summed E-state index contributed by atoms with van der Waals surface area (Å²) >= 11 is 16.1. The van der Waals surface area contributed by atoms with Gasteiger partial charge < -0.3 is 5.32 Å². The van der Waals surface area contributed by atoms with E-state index in [-0.39, 0.29) is 30.0 Å². The number of amides is 1. The van der Waals surface area contributed by atoms with E-state index in [0.717, 1.165) is 47.7 Å². The molecule has 4 rings (SSSR count). The minimum Gasteiger partial charge on any atom is -0.347 e. The van der Waals surface area contributed by atoms with Crippen LogP contribution in [0, 0.1) is 5.92 Å². The van der Waals surface area contributed by atoms with Crippen molar-refractivity contribution in [2.45, 2.75) is 56.7 Å². The van der Waals surface area contributed by atoms with Crippen molar-refractivity contribution in [2.75, 3.05) is 0 Å². The van der Waals surface area contributed by atoms with Crippen LogP contribution < -0.4 is 5.32 Å². The van der Waals surface area contributed by atoms with E-state index >= 15 is 0 Å². The molecular weight excluding hydrogens is 485 g/mol. The monoisotopic (exact) mass is 507 g/mol. The smallest absolute Gasteiger partial charge is 0.223 e. The number of benzene rings is 2. The minimum absolute atomic E-state index is 0.0248. The Kier molecular flexibility index (Phi) is 7.12. The van der Waals surface area contributed by atoms with Crippen LogP contribution >= 0.6 is 39.1 Å². The molecule has 1 heterocycles. The molecule has 4 nitrogen and oxygen atoms in total. The van der Waals surface area contributed by atoms with Crippen LogP contribution in [0.1, 0.15) is 61.7 Å². The zero-order valence-corrected chi connectivity index (χ0v) is 19.6. The maximum absolute atomic E-state index is 13.0. The zero-order chi connectivity index (χ0) is 21.1. The summed E-state index contributed by atoms with van der Waals surface area (Å²) in [4.78, 5) is 13.0. The van der Waals surface area contributed by atoms with E-state index in [4.69, 9.17) is 23.2 Å². The van der Waals surface area contributed by atoms with Gasteiger partial charge in [-0.3, -0.25) is 4.79 Å². The molecule has 1 fully saturated rings. The van der Waals surface area contributed by atoms with Gasteiger partial charge in [-0.2, -0.15) is 10.2 Å². The Hall–Kier alpha value is -1.43. The Morgan fingerprint density at radius 1 is 1.03 bits per heavy atom. The quantitative estimate of drug-likeness (QED) is 0.447. The molecule has 2 aromatic rings. The molecule has 158 valence electrons. The Morgan fingerprint density at radius 2 is 1.77 bits per heavy atom. The Labute approximate surface area is 195 Å². The average molecular weight is 509 g/mol. The summed E-state index contributed by atoms with van der Waals surface area (Å²) in [6.45, 7) is 0. The lowest BCUT2D eigenvalue weighted by Crippen LogP contribution is -2.39. The van der Waals surface area contributed by atoms with E-state index in [9.17, 15) is 4.79 Å². The van der Waals surface area contributed by atoms with Crippen LogP contribution in [0.3, 0.4) is 0 Å². The van der Waals surface area contributed by atoms with Crippen molar-refractivity contribution in [3.8, 4) is 0 Å². The molecule has 0 radical (unpaired) electrons. The molecule has 1 aliphatic carbocycles. The highest BCUT2D eigenvalue weighted by molar-refractivity contribution is 9.10. The van der Waals surface area contributed by atoms with Gasteiger partial charge >= 0.3 is 0 Å². The second-order valence-corrected chi connectivity index (χ2v) is 9.85. The second-order valence-electron chi connectivity index (χ2n) is 8.09. The first kappa shape index (κ1) is 21.8. The molecule has 1 saturated carbocycles. The van der Waals surface area contributed by atoms with Crippen molar-refractivity contribution in [1.82, 2.24) is 5.32 Å². The summed E-state index contributed by atoms with van der Waals surface area (Å²) in [5.74, 6) is 0.154. The summed E-state index contributed by atoms with van der Waals surface area (Å²) in [6, 6.07) is 13.0. The molecule has 2 aromatic carbocycles. The highest BCUT2D eigenvalue weighted by atomic mass is 79.9. The Balaban J connectivity index is 1.56. The fraction of sp³-hybridized carbons (Fsp3) is 0.435. The Bertz CT molecular complexity index is 929. The van der Waals surface area contributed by atoms with Crippen LogP contribution in [0.2, 0.25) is 10.0 Å². The van der Waals surface area contributed by atoms with Gasteiger partial charge in [-0.15, -0.1) is 0 Å². The highest BCUT2D eigenvalue weighted by Crippen LogP contribution is 2.39. The summed E-state index contributed by atoms with van der Waals surface area (Å²) in [5.41, 5.74) is 1.95. The largest absolute Gasteiger partial charge is 0.347 e. The van der Waals surface area contributed by atoms with Gasteiger partial charge in [-0.1, -0.05) is 76.6 Å². The van der Waals surface area contributed by atoms with Gasteiger partial charge in [0.05, 0.1) is 18.1 Å². The first-order valence-electron chi connectivity index (χ1n) is 10.4. The van der Waals surface area contributed by atoms with Crippen LogP contribution in [0.15, 0.2) is 57.2 Å². The van der Waals surface area contributed by atoms with E-state index in [2.05, 4.69) is 43.6 Å². The van der Waals surface area contributed by atoms with Gasteiger partial charge in [0.15, 0.2) is 0 Å². The number of carbonyl (C=O) groups excluding carboxylic acids is 1. The van der Waals surface area contributed by atoms with Gasteiger partial charge in [0.25, 0.3) is 0 Å². The number of nitrogens with one attached hydrogen (secondary N) is 1. The predicted molar refractivity (Wildman–Crippen MR) is 124 cm³/mol. The van der Waals surface area contributed by atoms with E-state index in [0.29, 0.717) is 10.0 Å². The van der Waals surface area contributed by atoms with Gasteiger partial charge in [-0.25, -0.2) is 0 Å². The lowest BCUT2D eigenvalue weighted by atomic mass is 9.87. The molecule has 1 aliphatic heterocycles. The molecule has 7 heteroatoms. The summed E-state index contributed by atoms with van der Waals surface area (Å²) in [6.07, 6.45) is 6.04. The summed E-state index contributed by atoms with van der Waals surface area (Å²) in [5, 5.41) is 13.5. The van der Waals surface area contributed by atoms with Gasteiger partial charge in [-0.05, 0) is 48.2 Å². The molecule has 0 saturated heterocycles. The van der Waals surface area contributed by atoms with E-state index in [1.165, 1.54) is 6.42 Å². The van der Waals surface area contributed by atoms with Gasteiger partial charge in [0, 0.05) is 26.9 Å². The normalized spacial score (nSPS) is 22.8. The third kappa shape index (κ3) is 5.06. The predicted octanol–water partition coefficient (Wildman–Crippen LogP) is 7.46. The fourth-order valence-corrected chi connectivity index (χ4v) is 5.14. The number of hydrogen-bond donors (Lipinski definition) is 1. The van der Waals surface area contributed by atoms with E-state index in [1.54, 1.807) is 12.1 Å². The molecular formula is C23H24BrCl2N3O. The topological polar surface area (TPSA) is 53.8 Å². The minimum atomic E-state index is -0.326. The molecule has 3 unspecified atom stereocenters. The van der Waals surface area contributed by atoms with Crippen molar-refractivity contribution >= 4 is 45.0 Å². The third-order valence-corrected chi connectivity index (χ3v) is 7.12. The molecule has 1 N–H and O–H groups in total. The van der Waals surface area contributed by atoms with Crippen molar-refractivity contribution in [1.29, 1.82) is 0 Å². The van der Waals surface area contributed by atoms with Gasteiger partial charge in [0.1, 0.15) is 0 Å².